The van der Waals surface area contributed by atoms with Crippen molar-refractivity contribution in [2.45, 2.75) is 24.2 Å². The quantitative estimate of drug-likeness (QED) is 0.699. The van der Waals surface area contributed by atoms with Crippen molar-refractivity contribution in [3.8, 4) is 5.75 Å². The zero-order valence-electron chi connectivity index (χ0n) is 14.9. The minimum Gasteiger partial charge on any atom is -0.469 e. The molecule has 0 bridgehead atoms. The summed E-state index contributed by atoms with van der Waals surface area (Å²) in [6, 6.07) is 11.2. The summed E-state index contributed by atoms with van der Waals surface area (Å²) < 4.78 is 73.0. The van der Waals surface area contributed by atoms with Gasteiger partial charge in [-0.3, -0.25) is 4.79 Å². The first-order valence-corrected chi connectivity index (χ1v) is 9.53. The van der Waals surface area contributed by atoms with E-state index in [2.05, 4.69) is 9.46 Å². The first kappa shape index (κ1) is 21.7. The number of carbonyl (C=O) groups excluding carboxylic acids is 1. The summed E-state index contributed by atoms with van der Waals surface area (Å²) >= 11 is 0. The zero-order valence-corrected chi connectivity index (χ0v) is 15.8. The van der Waals surface area contributed by atoms with Crippen LogP contribution >= 0.6 is 0 Å². The maximum atomic E-state index is 12.7. The number of benzene rings is 2. The van der Waals surface area contributed by atoms with Gasteiger partial charge in [-0.2, -0.15) is 0 Å². The molecule has 0 unspecified atom stereocenters. The molecule has 6 nitrogen and oxygen atoms in total. The van der Waals surface area contributed by atoms with E-state index in [1.807, 2.05) is 0 Å². The lowest BCUT2D eigenvalue weighted by Crippen LogP contribution is -2.36. The Bertz CT molecular complexity index is 899. The van der Waals surface area contributed by atoms with Crippen LogP contribution in [0.1, 0.15) is 18.5 Å². The van der Waals surface area contributed by atoms with Crippen LogP contribution in [0.25, 0.3) is 0 Å². The maximum Gasteiger partial charge on any atom is 0.573 e. The first-order chi connectivity index (χ1) is 13.0. The fourth-order valence-electron chi connectivity index (χ4n) is 2.50. The number of alkyl halides is 3. The molecule has 28 heavy (non-hydrogen) atoms. The van der Waals surface area contributed by atoms with Gasteiger partial charge in [0.1, 0.15) is 5.75 Å². The van der Waals surface area contributed by atoms with Crippen LogP contribution in [-0.2, 0) is 19.6 Å². The van der Waals surface area contributed by atoms with E-state index in [1.165, 1.54) is 14.0 Å². The molecule has 0 aliphatic rings. The summed E-state index contributed by atoms with van der Waals surface area (Å²) in [5.74, 6) is -2.02. The molecular formula is C18H18F3NO5S. The van der Waals surface area contributed by atoms with E-state index in [9.17, 15) is 26.4 Å². The van der Waals surface area contributed by atoms with Crippen LogP contribution in [0.15, 0.2) is 59.5 Å². The van der Waals surface area contributed by atoms with Crippen LogP contribution < -0.4 is 9.46 Å². The Morgan fingerprint density at radius 2 is 1.61 bits per heavy atom. The zero-order chi connectivity index (χ0) is 20.9. The Labute approximate surface area is 160 Å². The molecule has 10 heteroatoms. The molecule has 0 heterocycles. The minimum atomic E-state index is -4.88. The molecular weight excluding hydrogens is 399 g/mol. The number of sulfonamides is 1. The van der Waals surface area contributed by atoms with Gasteiger partial charge >= 0.3 is 12.3 Å². The summed E-state index contributed by atoms with van der Waals surface area (Å²) in [5, 5.41) is 0. The largest absolute Gasteiger partial charge is 0.573 e. The van der Waals surface area contributed by atoms with E-state index in [0.717, 1.165) is 24.3 Å². The molecule has 0 saturated heterocycles. The molecule has 2 atom stereocenters. The van der Waals surface area contributed by atoms with E-state index in [1.54, 1.807) is 30.3 Å². The molecule has 0 aliphatic carbocycles. The monoisotopic (exact) mass is 417 g/mol. The van der Waals surface area contributed by atoms with Crippen LogP contribution in [0.3, 0.4) is 0 Å². The highest BCUT2D eigenvalue weighted by atomic mass is 32.2. The SMILES string of the molecule is COC(=O)[C@@H](C)[C@@H](NS(=O)(=O)c1ccc(OC(F)(F)F)cc1)c1ccccc1. The van der Waals surface area contributed by atoms with Gasteiger partial charge in [-0.25, -0.2) is 13.1 Å². The summed E-state index contributed by atoms with van der Waals surface area (Å²) in [5.41, 5.74) is 0.529. The normalized spacial score (nSPS) is 14.2. The van der Waals surface area contributed by atoms with Crippen LogP contribution in [0.4, 0.5) is 13.2 Å². The van der Waals surface area contributed by atoms with Crippen LogP contribution in [0, 0.1) is 5.92 Å². The van der Waals surface area contributed by atoms with Crippen molar-refractivity contribution in [2.75, 3.05) is 7.11 Å². The molecule has 0 fully saturated rings. The van der Waals surface area contributed by atoms with E-state index < -0.39 is 40.1 Å². The van der Waals surface area contributed by atoms with Crippen molar-refractivity contribution >= 4 is 16.0 Å². The lowest BCUT2D eigenvalue weighted by atomic mass is 9.95. The third-order valence-electron chi connectivity index (χ3n) is 3.88. The summed E-state index contributed by atoms with van der Waals surface area (Å²) in [7, 11) is -2.96. The number of halogens is 3. The van der Waals surface area contributed by atoms with Crippen molar-refractivity contribution < 1.29 is 35.9 Å². The Hall–Kier alpha value is -2.59. The molecule has 0 amide bonds. The van der Waals surface area contributed by atoms with Gasteiger partial charge in [0.2, 0.25) is 10.0 Å². The number of ether oxygens (including phenoxy) is 2. The Morgan fingerprint density at radius 3 is 2.11 bits per heavy atom. The number of rotatable bonds is 7. The van der Waals surface area contributed by atoms with Gasteiger partial charge in [0.25, 0.3) is 0 Å². The molecule has 0 spiro atoms. The van der Waals surface area contributed by atoms with Gasteiger partial charge in [-0.05, 0) is 29.8 Å². The van der Waals surface area contributed by atoms with Gasteiger partial charge in [0.15, 0.2) is 0 Å². The topological polar surface area (TPSA) is 81.7 Å². The number of hydrogen-bond acceptors (Lipinski definition) is 5. The molecule has 2 rings (SSSR count). The number of carbonyl (C=O) groups is 1. The molecule has 2 aromatic rings. The van der Waals surface area contributed by atoms with E-state index in [0.29, 0.717) is 5.56 Å². The fourth-order valence-corrected chi connectivity index (χ4v) is 3.80. The predicted octanol–water partition coefficient (Wildman–Crippen LogP) is 3.41. The summed E-state index contributed by atoms with van der Waals surface area (Å²) in [6.07, 6.45) is -4.88. The highest BCUT2D eigenvalue weighted by Crippen LogP contribution is 2.27. The lowest BCUT2D eigenvalue weighted by Gasteiger charge is -2.24. The van der Waals surface area contributed by atoms with Crippen LogP contribution in [-0.4, -0.2) is 27.9 Å². The number of hydrogen-bond donors (Lipinski definition) is 1. The van der Waals surface area contributed by atoms with Gasteiger partial charge in [0, 0.05) is 0 Å². The predicted molar refractivity (Wildman–Crippen MR) is 93.8 cm³/mol. The maximum absolute atomic E-state index is 12.7. The van der Waals surface area contributed by atoms with Gasteiger partial charge in [0.05, 0.1) is 24.0 Å². The molecule has 0 aromatic heterocycles. The van der Waals surface area contributed by atoms with Crippen LogP contribution in [0.2, 0.25) is 0 Å². The smallest absolute Gasteiger partial charge is 0.469 e. The van der Waals surface area contributed by atoms with Crippen molar-refractivity contribution in [1.29, 1.82) is 0 Å². The molecule has 1 N–H and O–H groups in total. The van der Waals surface area contributed by atoms with E-state index in [-0.39, 0.29) is 4.90 Å². The minimum absolute atomic E-state index is 0.278. The molecule has 152 valence electrons. The second-order valence-corrected chi connectivity index (χ2v) is 7.55. The van der Waals surface area contributed by atoms with Crippen molar-refractivity contribution in [1.82, 2.24) is 4.72 Å². The van der Waals surface area contributed by atoms with E-state index >= 15 is 0 Å². The van der Waals surface area contributed by atoms with Gasteiger partial charge in [-0.1, -0.05) is 37.3 Å². The standard InChI is InChI=1S/C18H18F3NO5S/c1-12(17(23)26-2)16(13-6-4-3-5-7-13)22-28(24,25)15-10-8-14(9-11-15)27-18(19,20)21/h3-12,16,22H,1-2H3/t12-,16+/m0/s1. The molecule has 2 aromatic carbocycles. The van der Waals surface area contributed by atoms with Gasteiger partial charge < -0.3 is 9.47 Å². The second kappa shape index (κ2) is 8.61. The molecule has 0 radical (unpaired) electrons. The third-order valence-corrected chi connectivity index (χ3v) is 5.34. The lowest BCUT2D eigenvalue weighted by molar-refractivity contribution is -0.274. The number of methoxy groups -OCH3 is 1. The molecule has 0 aliphatic heterocycles. The van der Waals surface area contributed by atoms with Crippen molar-refractivity contribution in [3.63, 3.8) is 0 Å². The number of nitrogens with one attached hydrogen (secondary N) is 1. The first-order valence-electron chi connectivity index (χ1n) is 8.04. The van der Waals surface area contributed by atoms with E-state index in [4.69, 9.17) is 4.74 Å². The summed E-state index contributed by atoms with van der Waals surface area (Å²) in [6.45, 7) is 1.51. The van der Waals surface area contributed by atoms with Crippen molar-refractivity contribution in [3.05, 3.63) is 60.2 Å². The fraction of sp³-hybridized carbons (Fsp3) is 0.278. The highest BCUT2D eigenvalue weighted by Gasteiger charge is 2.32. The Morgan fingerprint density at radius 1 is 1.04 bits per heavy atom. The molecule has 0 saturated carbocycles. The highest BCUT2D eigenvalue weighted by molar-refractivity contribution is 7.89. The Balaban J connectivity index is 2.30. The third kappa shape index (κ3) is 5.70. The second-order valence-electron chi connectivity index (χ2n) is 5.84. The van der Waals surface area contributed by atoms with Crippen LogP contribution in [0.5, 0.6) is 5.75 Å². The Kier molecular flexibility index (Phi) is 6.68. The van der Waals surface area contributed by atoms with Crippen molar-refractivity contribution in [2.24, 2.45) is 5.92 Å². The number of esters is 1. The average molecular weight is 417 g/mol. The summed E-state index contributed by atoms with van der Waals surface area (Å²) in [4.78, 5) is 11.7. The van der Waals surface area contributed by atoms with Gasteiger partial charge in [-0.15, -0.1) is 13.2 Å². The average Bonchev–Trinajstić information content (AvgIpc) is 2.65.